The van der Waals surface area contributed by atoms with Gasteiger partial charge in [0.25, 0.3) is 0 Å². The number of hydrogen-bond acceptors (Lipinski definition) is 8. The van der Waals surface area contributed by atoms with E-state index >= 15 is 4.39 Å². The Kier molecular flexibility index (Phi) is 5.69. The molecular formula is C28H26F2N6O2. The van der Waals surface area contributed by atoms with Gasteiger partial charge in [-0.1, -0.05) is 12.0 Å². The number of fused-ring (bicyclic) bond motifs is 4. The van der Waals surface area contributed by atoms with E-state index in [0.717, 1.165) is 12.8 Å². The van der Waals surface area contributed by atoms with Crippen LogP contribution in [-0.4, -0.2) is 51.3 Å². The highest BCUT2D eigenvalue weighted by Gasteiger charge is 2.35. The number of halogens is 2. The number of terminal acetylenes is 1. The minimum atomic E-state index is -0.802. The lowest BCUT2D eigenvalue weighted by Crippen LogP contribution is -2.51. The number of aromatic hydroxyl groups is 1. The van der Waals surface area contributed by atoms with Crippen molar-refractivity contribution in [2.24, 2.45) is 0 Å². The highest BCUT2D eigenvalue weighted by molar-refractivity contribution is 6.04. The molecule has 194 valence electrons. The number of phenolic OH excluding ortho intramolecular Hbond substituents is 1. The van der Waals surface area contributed by atoms with E-state index in [1.807, 2.05) is 13.8 Å². The molecule has 2 aromatic carbocycles. The van der Waals surface area contributed by atoms with Gasteiger partial charge in [-0.05, 0) is 50.3 Å². The van der Waals surface area contributed by atoms with Crippen molar-refractivity contribution < 1.29 is 18.6 Å². The summed E-state index contributed by atoms with van der Waals surface area (Å²) in [5, 5.41) is 15.0. The topological polar surface area (TPSA) is 109 Å². The fraction of sp³-hybridized carbons (Fsp3) is 0.321. The first-order chi connectivity index (χ1) is 18.2. The molecule has 4 N–H and O–H groups in total. The number of anilines is 2. The molecule has 0 spiro atoms. The van der Waals surface area contributed by atoms with Crippen molar-refractivity contribution in [2.45, 2.75) is 44.9 Å². The Hall–Kier alpha value is -4.23. The van der Waals surface area contributed by atoms with E-state index in [-0.39, 0.29) is 51.4 Å². The van der Waals surface area contributed by atoms with Crippen LogP contribution in [0.1, 0.15) is 32.3 Å². The molecule has 2 atom stereocenters. The summed E-state index contributed by atoms with van der Waals surface area (Å²) >= 11 is 0. The molecule has 0 radical (unpaired) electrons. The normalized spacial score (nSPS) is 18.9. The Bertz CT molecular complexity index is 1640. The maximum absolute atomic E-state index is 16.4. The summed E-state index contributed by atoms with van der Waals surface area (Å²) in [5.74, 6) is 1.22. The fourth-order valence-electron chi connectivity index (χ4n) is 5.58. The van der Waals surface area contributed by atoms with Crippen molar-refractivity contribution in [1.82, 2.24) is 20.3 Å². The van der Waals surface area contributed by atoms with Crippen molar-refractivity contribution in [2.75, 3.05) is 23.7 Å². The van der Waals surface area contributed by atoms with Gasteiger partial charge in [0.2, 0.25) is 11.8 Å². The number of nitrogens with zero attached hydrogens (tertiary/aromatic N) is 4. The fourth-order valence-corrected chi connectivity index (χ4v) is 5.58. The second kappa shape index (κ2) is 8.96. The number of hydrogen-bond donors (Lipinski definition) is 3. The van der Waals surface area contributed by atoms with E-state index in [9.17, 15) is 9.50 Å². The number of phenols is 1. The molecule has 4 aromatic rings. The molecule has 2 aromatic heterocycles. The Morgan fingerprint density at radius 1 is 1.13 bits per heavy atom. The van der Waals surface area contributed by atoms with E-state index in [1.54, 1.807) is 0 Å². The number of rotatable bonds is 4. The maximum atomic E-state index is 16.4. The third-order valence-electron chi connectivity index (χ3n) is 7.06. The third kappa shape index (κ3) is 3.90. The molecule has 0 aliphatic carbocycles. The van der Waals surface area contributed by atoms with Gasteiger partial charge in [0.1, 0.15) is 34.0 Å². The van der Waals surface area contributed by atoms with Crippen LogP contribution >= 0.6 is 0 Å². The van der Waals surface area contributed by atoms with Crippen LogP contribution in [-0.2, 0) is 0 Å². The van der Waals surface area contributed by atoms with Crippen molar-refractivity contribution in [3.05, 3.63) is 41.5 Å². The van der Waals surface area contributed by atoms with Gasteiger partial charge in [-0.25, -0.2) is 18.7 Å². The Balaban J connectivity index is 1.67. The van der Waals surface area contributed by atoms with Gasteiger partial charge in [0.05, 0.1) is 11.7 Å². The predicted octanol–water partition coefficient (Wildman–Crippen LogP) is 4.12. The van der Waals surface area contributed by atoms with Crippen LogP contribution in [0.25, 0.3) is 32.9 Å². The summed E-state index contributed by atoms with van der Waals surface area (Å²) in [7, 11) is 0. The zero-order chi connectivity index (χ0) is 26.7. The average molecular weight is 517 g/mol. The molecule has 2 bridgehead atoms. The van der Waals surface area contributed by atoms with Gasteiger partial charge in [-0.15, -0.1) is 6.42 Å². The number of pyridine rings is 1. The summed E-state index contributed by atoms with van der Waals surface area (Å²) in [4.78, 5) is 15.4. The molecule has 38 heavy (non-hydrogen) atoms. The molecule has 2 unspecified atom stereocenters. The first-order valence-corrected chi connectivity index (χ1v) is 12.5. The molecule has 4 heterocycles. The van der Waals surface area contributed by atoms with Crippen LogP contribution in [0.5, 0.6) is 11.6 Å². The molecule has 8 nitrogen and oxygen atoms in total. The number of benzene rings is 2. The summed E-state index contributed by atoms with van der Waals surface area (Å²) in [5.41, 5.74) is 5.87. The lowest BCUT2D eigenvalue weighted by molar-refractivity contribution is 0.236. The van der Waals surface area contributed by atoms with Crippen LogP contribution < -0.4 is 20.7 Å². The minimum absolute atomic E-state index is 0.0655. The van der Waals surface area contributed by atoms with Gasteiger partial charge in [-0.2, -0.15) is 4.98 Å². The Morgan fingerprint density at radius 2 is 1.87 bits per heavy atom. The predicted molar refractivity (Wildman–Crippen MR) is 142 cm³/mol. The highest BCUT2D eigenvalue weighted by Crippen LogP contribution is 2.42. The standard InChI is InChI=1S/C28H26F2N6O2/c1-4-18-20(29)8-5-14-9-17(37)10-19(21(14)18)24-23(30)25-22(27(33-24)38-13(2)3)26(35-28(31)34-25)36-11-15-6-7-16(12-36)32-15/h1,5,8-10,13,15-16,32,37H,6-7,11-12H2,2-3H3,(H2,31,34,35). The molecular weight excluding hydrogens is 490 g/mol. The number of nitrogens with two attached hydrogens (primary N) is 1. The lowest BCUT2D eigenvalue weighted by atomic mass is 9.95. The third-order valence-corrected chi connectivity index (χ3v) is 7.06. The molecule has 2 saturated heterocycles. The number of ether oxygens (including phenoxy) is 1. The second-order valence-electron chi connectivity index (χ2n) is 10.1. The highest BCUT2D eigenvalue weighted by atomic mass is 19.1. The first kappa shape index (κ1) is 24.1. The number of aromatic nitrogens is 3. The van der Waals surface area contributed by atoms with Crippen molar-refractivity contribution >= 4 is 33.4 Å². The first-order valence-electron chi connectivity index (χ1n) is 12.5. The van der Waals surface area contributed by atoms with Gasteiger partial charge in [-0.3, -0.25) is 0 Å². The zero-order valence-corrected chi connectivity index (χ0v) is 20.9. The summed E-state index contributed by atoms with van der Waals surface area (Å²) < 4.78 is 37.2. The monoisotopic (exact) mass is 516 g/mol. The van der Waals surface area contributed by atoms with Gasteiger partial charge >= 0.3 is 0 Å². The quantitative estimate of drug-likeness (QED) is 0.348. The lowest BCUT2D eigenvalue weighted by Gasteiger charge is -2.34. The van der Waals surface area contributed by atoms with Crippen molar-refractivity contribution in [3.63, 3.8) is 0 Å². The SMILES string of the molecule is C#Cc1c(F)ccc2cc(O)cc(-c3nc(OC(C)C)c4c(N5CC6CCC(C5)N6)nc(N)nc4c3F)c12. The summed E-state index contributed by atoms with van der Waals surface area (Å²) in [6, 6.07) is 6.00. The molecule has 2 fully saturated rings. The van der Waals surface area contributed by atoms with E-state index in [1.165, 1.54) is 24.3 Å². The largest absolute Gasteiger partial charge is 0.508 e. The Morgan fingerprint density at radius 3 is 2.55 bits per heavy atom. The number of piperazine rings is 1. The van der Waals surface area contributed by atoms with Crippen LogP contribution in [0.4, 0.5) is 20.5 Å². The smallest absolute Gasteiger partial charge is 0.227 e. The van der Waals surface area contributed by atoms with Gasteiger partial charge < -0.3 is 25.8 Å². The molecule has 0 amide bonds. The minimum Gasteiger partial charge on any atom is -0.508 e. The van der Waals surface area contributed by atoms with Crippen molar-refractivity contribution in [1.29, 1.82) is 0 Å². The number of nitrogen functional groups attached to an aromatic ring is 1. The van der Waals surface area contributed by atoms with Crippen LogP contribution in [0, 0.1) is 24.0 Å². The van der Waals surface area contributed by atoms with E-state index in [2.05, 4.69) is 31.1 Å². The van der Waals surface area contributed by atoms with E-state index in [0.29, 0.717) is 41.8 Å². The van der Waals surface area contributed by atoms with Gasteiger partial charge in [0.15, 0.2) is 5.82 Å². The van der Waals surface area contributed by atoms with Crippen LogP contribution in [0.3, 0.4) is 0 Å². The van der Waals surface area contributed by atoms with Crippen molar-refractivity contribution in [3.8, 4) is 35.2 Å². The average Bonchev–Trinajstić information content (AvgIpc) is 3.21. The van der Waals surface area contributed by atoms with Crippen LogP contribution in [0.2, 0.25) is 0 Å². The second-order valence-corrected chi connectivity index (χ2v) is 10.1. The maximum Gasteiger partial charge on any atom is 0.227 e. The molecule has 2 aliphatic rings. The molecule has 0 saturated carbocycles. The van der Waals surface area contributed by atoms with E-state index < -0.39 is 11.6 Å². The molecule has 10 heteroatoms. The van der Waals surface area contributed by atoms with Crippen LogP contribution in [0.15, 0.2) is 24.3 Å². The molecule has 2 aliphatic heterocycles. The zero-order valence-electron chi connectivity index (χ0n) is 20.9. The molecule has 6 rings (SSSR count). The number of nitrogens with one attached hydrogen (secondary N) is 1. The van der Waals surface area contributed by atoms with E-state index in [4.69, 9.17) is 16.9 Å². The van der Waals surface area contributed by atoms with Gasteiger partial charge in [0, 0.05) is 36.1 Å². The summed E-state index contributed by atoms with van der Waals surface area (Å²) in [6.07, 6.45) is 7.42. The Labute approximate surface area is 217 Å². The summed E-state index contributed by atoms with van der Waals surface area (Å²) in [6.45, 7) is 5.01.